The van der Waals surface area contributed by atoms with Crippen LogP contribution < -0.4 is 5.11 Å². The lowest BCUT2D eigenvalue weighted by molar-refractivity contribution is -0.889. The number of carboxylic acid groups (broad SMARTS) is 1. The Labute approximate surface area is 303 Å². The fourth-order valence-corrected chi connectivity index (χ4v) is 4.68. The number of carbonyl (C=O) groups excluding carboxylic acids is 3. The largest absolute Gasteiger partial charge is 0.544 e. The molecule has 0 spiro atoms. The monoisotopic (exact) mass is 697 g/mol. The molecule has 8 heteroatoms. The van der Waals surface area contributed by atoms with Gasteiger partial charge in [-0.2, -0.15) is 0 Å². The van der Waals surface area contributed by atoms with Gasteiger partial charge in [0.05, 0.1) is 40.3 Å². The van der Waals surface area contributed by atoms with Crippen LogP contribution in [0.5, 0.6) is 0 Å². The summed E-state index contributed by atoms with van der Waals surface area (Å²) in [5.74, 6) is -1.89. The molecule has 0 saturated carbocycles. The summed E-state index contributed by atoms with van der Waals surface area (Å²) in [5.41, 5.74) is 0. The smallest absolute Gasteiger partial charge is 0.306 e. The lowest BCUT2D eigenvalue weighted by atomic mass is 10.1. The minimum Gasteiger partial charge on any atom is -0.544 e. The molecule has 0 aliphatic rings. The Hall–Kier alpha value is -3.49. The second-order valence-electron chi connectivity index (χ2n) is 13.0. The number of aliphatic carboxylic acids is 1. The molecule has 2 atom stereocenters. The third-order valence-electron chi connectivity index (χ3n) is 7.54. The quantitative estimate of drug-likeness (QED) is 0.0313. The van der Waals surface area contributed by atoms with E-state index >= 15 is 0 Å². The van der Waals surface area contributed by atoms with Crippen LogP contribution in [0.15, 0.2) is 85.1 Å². The summed E-state index contributed by atoms with van der Waals surface area (Å²) in [6, 6.07) is -0.742. The molecule has 0 aromatic heterocycles. The first-order chi connectivity index (χ1) is 24.1. The second-order valence-corrected chi connectivity index (χ2v) is 13.0. The predicted molar refractivity (Wildman–Crippen MR) is 203 cm³/mol. The summed E-state index contributed by atoms with van der Waals surface area (Å²) in [6.45, 7) is 4.25. The van der Waals surface area contributed by atoms with Crippen LogP contribution in [-0.4, -0.2) is 75.5 Å². The van der Waals surface area contributed by atoms with E-state index < -0.39 is 18.1 Å². The number of ether oxygens (including phenoxy) is 3. The van der Waals surface area contributed by atoms with Gasteiger partial charge in [0.25, 0.3) is 0 Å². The topological polar surface area (TPSA) is 102 Å². The number of esters is 2. The summed E-state index contributed by atoms with van der Waals surface area (Å²) in [5, 5.41) is 11.5. The average Bonchev–Trinajstić information content (AvgIpc) is 3.06. The maximum Gasteiger partial charge on any atom is 0.306 e. The number of unbranched alkanes of at least 4 members (excludes halogenated alkanes) is 3. The van der Waals surface area contributed by atoms with Gasteiger partial charge in [0.15, 0.2) is 6.10 Å². The molecule has 0 aliphatic heterocycles. The molecule has 0 amide bonds. The SMILES string of the molecule is CC/C=C/C/C=C/C/C=C/C/C=C/C/C=C/CCCCCC(=O)OC(COCCC(C(=O)[O-])[N+](C)(C)C)COC(=O)CC/C=C/C/C=C/CC. The highest BCUT2D eigenvalue weighted by atomic mass is 16.6. The highest BCUT2D eigenvalue weighted by molar-refractivity contribution is 5.70. The summed E-state index contributed by atoms with van der Waals surface area (Å²) in [4.78, 5) is 36.4. The summed E-state index contributed by atoms with van der Waals surface area (Å²) in [6.07, 6.45) is 40.8. The molecular weight excluding hydrogens is 630 g/mol. The molecule has 0 saturated heterocycles. The Morgan fingerprint density at radius 1 is 0.600 bits per heavy atom. The predicted octanol–water partition coefficient (Wildman–Crippen LogP) is 8.07. The Balaban J connectivity index is 4.48. The zero-order valence-electron chi connectivity index (χ0n) is 31.8. The zero-order chi connectivity index (χ0) is 37.1. The van der Waals surface area contributed by atoms with E-state index in [4.69, 9.17) is 14.2 Å². The van der Waals surface area contributed by atoms with Crippen molar-refractivity contribution in [3.05, 3.63) is 85.1 Å². The lowest BCUT2D eigenvalue weighted by Crippen LogP contribution is -2.55. The Morgan fingerprint density at radius 3 is 1.60 bits per heavy atom. The van der Waals surface area contributed by atoms with E-state index in [1.54, 1.807) is 21.1 Å². The first kappa shape index (κ1) is 46.5. The van der Waals surface area contributed by atoms with Crippen molar-refractivity contribution < 1.29 is 38.2 Å². The van der Waals surface area contributed by atoms with E-state index in [1.807, 2.05) is 12.2 Å². The lowest BCUT2D eigenvalue weighted by Gasteiger charge is -2.34. The van der Waals surface area contributed by atoms with Crippen LogP contribution >= 0.6 is 0 Å². The fraction of sp³-hybridized carbons (Fsp3) is 0.595. The molecule has 0 rings (SSSR count). The number of likely N-dealkylation sites (N-methyl/N-ethyl adjacent to an activating group) is 1. The van der Waals surface area contributed by atoms with E-state index in [1.165, 1.54) is 0 Å². The van der Waals surface area contributed by atoms with Gasteiger partial charge in [-0.05, 0) is 70.6 Å². The molecule has 0 aromatic carbocycles. The van der Waals surface area contributed by atoms with Crippen molar-refractivity contribution in [3.63, 3.8) is 0 Å². The van der Waals surface area contributed by atoms with Crippen LogP contribution in [0.2, 0.25) is 0 Å². The van der Waals surface area contributed by atoms with Crippen molar-refractivity contribution in [1.82, 2.24) is 0 Å². The van der Waals surface area contributed by atoms with Crippen LogP contribution in [0.25, 0.3) is 0 Å². The molecule has 0 aromatic rings. The first-order valence-electron chi connectivity index (χ1n) is 18.6. The molecule has 8 nitrogen and oxygen atoms in total. The number of rotatable bonds is 31. The van der Waals surface area contributed by atoms with Gasteiger partial charge in [0.2, 0.25) is 0 Å². The number of hydrogen-bond acceptors (Lipinski definition) is 7. The van der Waals surface area contributed by atoms with Gasteiger partial charge in [0, 0.05) is 19.3 Å². The highest BCUT2D eigenvalue weighted by Gasteiger charge is 2.25. The second kappa shape index (κ2) is 32.7. The molecule has 2 unspecified atom stereocenters. The average molecular weight is 698 g/mol. The maximum absolute atomic E-state index is 12.6. The number of hydrogen-bond donors (Lipinski definition) is 0. The van der Waals surface area contributed by atoms with E-state index in [0.717, 1.165) is 64.2 Å². The standard InChI is InChI=1S/C42H67NO7/c1-6-8-10-12-14-15-16-17-18-19-20-21-22-23-24-25-27-29-31-33-41(45)50-38(36-48-35-34-39(42(46)47)43(3,4)5)37-49-40(44)32-30-28-26-13-11-9-7-2/h8-11,14-15,17-18,20-21,23-24,26,28,38-39H,6-7,12-13,16,19,22,25,27,29-37H2,1-5H3/b10-8+,11-9+,15-14+,18-17+,21-20+,24-23+,28-26+. The molecular formula is C42H67NO7. The minimum absolute atomic E-state index is 0.00364. The molecule has 0 aliphatic carbocycles. The third kappa shape index (κ3) is 30.6. The summed E-state index contributed by atoms with van der Waals surface area (Å²) < 4.78 is 16.9. The normalized spacial score (nSPS) is 14.0. The summed E-state index contributed by atoms with van der Waals surface area (Å²) >= 11 is 0. The van der Waals surface area contributed by atoms with Crippen molar-refractivity contribution in [2.45, 2.75) is 122 Å². The number of quaternary nitrogens is 1. The van der Waals surface area contributed by atoms with Crippen molar-refractivity contribution in [2.24, 2.45) is 0 Å². The van der Waals surface area contributed by atoms with Crippen LogP contribution in [0.3, 0.4) is 0 Å². The fourth-order valence-electron chi connectivity index (χ4n) is 4.68. The maximum atomic E-state index is 12.6. The Morgan fingerprint density at radius 2 is 1.10 bits per heavy atom. The van der Waals surface area contributed by atoms with Gasteiger partial charge in [-0.1, -0.05) is 105 Å². The third-order valence-corrected chi connectivity index (χ3v) is 7.54. The van der Waals surface area contributed by atoms with Crippen LogP contribution in [0.4, 0.5) is 0 Å². The Bertz CT molecular complexity index is 1090. The molecule has 50 heavy (non-hydrogen) atoms. The molecule has 0 bridgehead atoms. The first-order valence-corrected chi connectivity index (χ1v) is 18.6. The van der Waals surface area contributed by atoms with Gasteiger partial charge in [-0.15, -0.1) is 0 Å². The van der Waals surface area contributed by atoms with E-state index in [9.17, 15) is 19.5 Å². The van der Waals surface area contributed by atoms with Crippen molar-refractivity contribution in [1.29, 1.82) is 0 Å². The van der Waals surface area contributed by atoms with Gasteiger partial charge in [-0.25, -0.2) is 0 Å². The number of carboxylic acids is 1. The van der Waals surface area contributed by atoms with Gasteiger partial charge >= 0.3 is 11.9 Å². The van der Waals surface area contributed by atoms with Gasteiger partial charge in [-0.3, -0.25) is 9.59 Å². The van der Waals surface area contributed by atoms with Crippen LogP contribution in [0, 0.1) is 0 Å². The van der Waals surface area contributed by atoms with E-state index in [0.29, 0.717) is 12.8 Å². The number of carbonyl (C=O) groups is 3. The zero-order valence-corrected chi connectivity index (χ0v) is 31.8. The number of allylic oxidation sites excluding steroid dienone is 14. The van der Waals surface area contributed by atoms with E-state index in [-0.39, 0.29) is 55.5 Å². The van der Waals surface area contributed by atoms with Crippen molar-refractivity contribution in [2.75, 3.05) is 41.0 Å². The minimum atomic E-state index is -1.14. The highest BCUT2D eigenvalue weighted by Crippen LogP contribution is 2.10. The van der Waals surface area contributed by atoms with Crippen LogP contribution in [-0.2, 0) is 28.6 Å². The van der Waals surface area contributed by atoms with Gasteiger partial charge in [0.1, 0.15) is 12.6 Å². The van der Waals surface area contributed by atoms with Crippen LogP contribution in [0.1, 0.15) is 110 Å². The molecule has 0 fully saturated rings. The summed E-state index contributed by atoms with van der Waals surface area (Å²) in [7, 11) is 5.35. The van der Waals surface area contributed by atoms with Crippen molar-refractivity contribution >= 4 is 17.9 Å². The Kier molecular flexibility index (Phi) is 30.4. The molecule has 0 radical (unpaired) electrons. The van der Waals surface area contributed by atoms with Crippen molar-refractivity contribution in [3.8, 4) is 0 Å². The van der Waals surface area contributed by atoms with E-state index in [2.05, 4.69) is 86.8 Å². The number of nitrogens with zero attached hydrogens (tertiary/aromatic N) is 1. The molecule has 282 valence electrons. The van der Waals surface area contributed by atoms with Gasteiger partial charge < -0.3 is 28.6 Å². The molecule has 0 N–H and O–H groups in total. The molecule has 0 heterocycles.